The fraction of sp³-hybridized carbons (Fsp3) is 0.174. The van der Waals surface area contributed by atoms with Gasteiger partial charge in [0.15, 0.2) is 0 Å². The molecule has 34 heavy (non-hydrogen) atoms. The van der Waals surface area contributed by atoms with Gasteiger partial charge in [-0.1, -0.05) is 30.3 Å². The number of carbonyl (C=O) groups excluding carboxylic acids is 1. The quantitative estimate of drug-likeness (QED) is 0.461. The largest absolute Gasteiger partial charge is 0.573 e. The Labute approximate surface area is 194 Å². The summed E-state index contributed by atoms with van der Waals surface area (Å²) < 4.78 is 74.0. The van der Waals surface area contributed by atoms with E-state index in [9.17, 15) is 26.4 Å². The molecule has 11 heteroatoms. The number of ether oxygens (including phenoxy) is 2. The first-order valence-corrected chi connectivity index (χ1v) is 11.4. The Balaban J connectivity index is 1.70. The van der Waals surface area contributed by atoms with Crippen LogP contribution in [0.5, 0.6) is 11.5 Å². The summed E-state index contributed by atoms with van der Waals surface area (Å²) in [4.78, 5) is 12.2. The molecule has 180 valence electrons. The molecule has 0 saturated heterocycles. The number of carbonyl (C=O) groups is 1. The van der Waals surface area contributed by atoms with E-state index in [2.05, 4.69) is 14.8 Å². The molecule has 0 aromatic heterocycles. The zero-order valence-corrected chi connectivity index (χ0v) is 18.7. The van der Waals surface area contributed by atoms with Crippen molar-refractivity contribution >= 4 is 21.6 Å². The number of hydrogen-bond acceptors (Lipinski definition) is 5. The molecule has 0 saturated carbocycles. The summed E-state index contributed by atoms with van der Waals surface area (Å²) in [5.74, 6) is -0.481. The van der Waals surface area contributed by atoms with Crippen molar-refractivity contribution in [2.45, 2.75) is 17.7 Å². The van der Waals surface area contributed by atoms with Gasteiger partial charge < -0.3 is 14.8 Å². The highest BCUT2D eigenvalue weighted by atomic mass is 32.2. The molecule has 0 radical (unpaired) electrons. The Morgan fingerprint density at radius 2 is 1.65 bits per heavy atom. The molecule has 0 aliphatic carbocycles. The van der Waals surface area contributed by atoms with Gasteiger partial charge in [-0.15, -0.1) is 13.2 Å². The van der Waals surface area contributed by atoms with E-state index >= 15 is 0 Å². The van der Waals surface area contributed by atoms with Gasteiger partial charge in [-0.2, -0.15) is 0 Å². The zero-order valence-electron chi connectivity index (χ0n) is 17.9. The summed E-state index contributed by atoms with van der Waals surface area (Å²) in [7, 11) is -2.74. The minimum Gasteiger partial charge on any atom is -0.497 e. The third kappa shape index (κ3) is 6.88. The highest BCUT2D eigenvalue weighted by Crippen LogP contribution is 2.26. The summed E-state index contributed by atoms with van der Waals surface area (Å²) >= 11 is 0. The van der Waals surface area contributed by atoms with E-state index in [-0.39, 0.29) is 11.3 Å². The van der Waals surface area contributed by atoms with Crippen LogP contribution in [0.15, 0.2) is 77.7 Å². The molecule has 2 N–H and O–H groups in total. The lowest BCUT2D eigenvalue weighted by molar-refractivity contribution is -0.274. The number of halogens is 3. The highest BCUT2D eigenvalue weighted by molar-refractivity contribution is 7.92. The lowest BCUT2D eigenvalue weighted by Gasteiger charge is -2.14. The molecule has 3 rings (SSSR count). The van der Waals surface area contributed by atoms with E-state index in [0.29, 0.717) is 18.7 Å². The summed E-state index contributed by atoms with van der Waals surface area (Å²) in [6.07, 6.45) is -4.43. The Bertz CT molecular complexity index is 1250. The van der Waals surface area contributed by atoms with Gasteiger partial charge in [0.05, 0.1) is 23.3 Å². The average Bonchev–Trinajstić information content (AvgIpc) is 2.78. The highest BCUT2D eigenvalue weighted by Gasteiger charge is 2.31. The number of benzene rings is 3. The molecule has 3 aromatic rings. The maximum atomic E-state index is 12.8. The molecule has 3 aromatic carbocycles. The third-order valence-electron chi connectivity index (χ3n) is 4.62. The van der Waals surface area contributed by atoms with Crippen molar-refractivity contribution in [3.05, 3.63) is 83.9 Å². The summed E-state index contributed by atoms with van der Waals surface area (Å²) in [6.45, 7) is 0.295. The van der Waals surface area contributed by atoms with E-state index in [1.54, 1.807) is 25.3 Å². The van der Waals surface area contributed by atoms with E-state index in [4.69, 9.17) is 4.74 Å². The SMILES string of the molecule is COc1ccc(CCNC(=O)c2ccccc2NS(=O)(=O)c2cccc(OC(F)(F)F)c2)cc1. The lowest BCUT2D eigenvalue weighted by Crippen LogP contribution is -2.27. The van der Waals surface area contributed by atoms with Gasteiger partial charge in [-0.25, -0.2) is 8.42 Å². The number of sulfonamides is 1. The molecule has 0 unspecified atom stereocenters. The van der Waals surface area contributed by atoms with Gasteiger partial charge in [0.1, 0.15) is 11.5 Å². The van der Waals surface area contributed by atoms with Crippen molar-refractivity contribution in [2.75, 3.05) is 18.4 Å². The number of alkyl halides is 3. The second kappa shape index (κ2) is 10.5. The normalized spacial score (nSPS) is 11.5. The Kier molecular flexibility index (Phi) is 7.67. The van der Waals surface area contributed by atoms with Crippen LogP contribution in [-0.4, -0.2) is 34.3 Å². The van der Waals surface area contributed by atoms with Crippen molar-refractivity contribution in [3.63, 3.8) is 0 Å². The smallest absolute Gasteiger partial charge is 0.497 e. The van der Waals surface area contributed by atoms with Crippen molar-refractivity contribution in [1.29, 1.82) is 0 Å². The van der Waals surface area contributed by atoms with Crippen LogP contribution in [0.4, 0.5) is 18.9 Å². The standard InChI is InChI=1S/C23H21F3N2O5S/c1-32-17-11-9-16(10-12-17)13-14-27-22(29)20-7-2-3-8-21(20)28-34(30,31)19-6-4-5-18(15-19)33-23(24,25)26/h2-12,15,28H,13-14H2,1H3,(H,27,29). The minimum absolute atomic E-state index is 0.0217. The van der Waals surface area contributed by atoms with Crippen molar-refractivity contribution in [1.82, 2.24) is 5.32 Å². The molecule has 0 aliphatic rings. The van der Waals surface area contributed by atoms with Crippen LogP contribution >= 0.6 is 0 Å². The van der Waals surface area contributed by atoms with Gasteiger partial charge in [0.25, 0.3) is 15.9 Å². The van der Waals surface area contributed by atoms with Crippen LogP contribution in [0.2, 0.25) is 0 Å². The molecule has 0 heterocycles. The van der Waals surface area contributed by atoms with E-state index < -0.39 is 32.9 Å². The van der Waals surface area contributed by atoms with Gasteiger partial charge in [0, 0.05) is 12.6 Å². The van der Waals surface area contributed by atoms with E-state index in [0.717, 1.165) is 29.8 Å². The van der Waals surface area contributed by atoms with Gasteiger partial charge in [-0.05, 0) is 48.4 Å². The van der Waals surface area contributed by atoms with Crippen LogP contribution in [0.3, 0.4) is 0 Å². The van der Waals surface area contributed by atoms with Crippen LogP contribution < -0.4 is 19.5 Å². The maximum Gasteiger partial charge on any atom is 0.573 e. The Morgan fingerprint density at radius 1 is 0.941 bits per heavy atom. The Morgan fingerprint density at radius 3 is 2.32 bits per heavy atom. The number of nitrogens with one attached hydrogen (secondary N) is 2. The number of rotatable bonds is 9. The van der Waals surface area contributed by atoms with Crippen molar-refractivity contribution in [3.8, 4) is 11.5 Å². The number of anilines is 1. The zero-order chi connectivity index (χ0) is 24.8. The lowest BCUT2D eigenvalue weighted by atomic mass is 10.1. The summed E-state index contributed by atoms with van der Waals surface area (Å²) in [5, 5.41) is 2.73. The monoisotopic (exact) mass is 494 g/mol. The van der Waals surface area contributed by atoms with Crippen LogP contribution in [0.1, 0.15) is 15.9 Å². The fourth-order valence-electron chi connectivity index (χ4n) is 3.02. The number of hydrogen-bond donors (Lipinski definition) is 2. The molecule has 0 bridgehead atoms. The maximum absolute atomic E-state index is 12.8. The fourth-order valence-corrected chi connectivity index (χ4v) is 4.13. The molecular formula is C23H21F3N2O5S. The van der Waals surface area contributed by atoms with Crippen molar-refractivity contribution < 1.29 is 35.9 Å². The molecule has 0 aliphatic heterocycles. The summed E-state index contributed by atoms with van der Waals surface area (Å²) in [6, 6.07) is 17.2. The van der Waals surface area contributed by atoms with Crippen LogP contribution in [0.25, 0.3) is 0 Å². The predicted octanol–water partition coefficient (Wildman–Crippen LogP) is 4.37. The first-order valence-electron chi connectivity index (χ1n) is 9.96. The van der Waals surface area contributed by atoms with Crippen LogP contribution in [0, 0.1) is 0 Å². The third-order valence-corrected chi connectivity index (χ3v) is 5.99. The molecule has 1 amide bonds. The Hall–Kier alpha value is -3.73. The van der Waals surface area contributed by atoms with Gasteiger partial charge in [0.2, 0.25) is 0 Å². The molecule has 0 spiro atoms. The molecule has 7 nitrogen and oxygen atoms in total. The number of para-hydroxylation sites is 1. The minimum atomic E-state index is -4.97. The second-order valence-electron chi connectivity index (χ2n) is 7.03. The molecular weight excluding hydrogens is 473 g/mol. The van der Waals surface area contributed by atoms with E-state index in [1.165, 1.54) is 18.2 Å². The van der Waals surface area contributed by atoms with Gasteiger partial charge in [-0.3, -0.25) is 9.52 Å². The molecule has 0 fully saturated rings. The number of methoxy groups -OCH3 is 1. The molecule has 0 atom stereocenters. The van der Waals surface area contributed by atoms with E-state index in [1.807, 2.05) is 12.1 Å². The van der Waals surface area contributed by atoms with Crippen LogP contribution in [-0.2, 0) is 16.4 Å². The average molecular weight is 494 g/mol. The summed E-state index contributed by atoms with van der Waals surface area (Å²) in [5.41, 5.74) is 1.01. The van der Waals surface area contributed by atoms with Crippen molar-refractivity contribution in [2.24, 2.45) is 0 Å². The number of amides is 1. The second-order valence-corrected chi connectivity index (χ2v) is 8.71. The predicted molar refractivity (Wildman–Crippen MR) is 119 cm³/mol. The first-order chi connectivity index (χ1) is 16.1. The van der Waals surface area contributed by atoms with Gasteiger partial charge >= 0.3 is 6.36 Å². The topological polar surface area (TPSA) is 93.7 Å². The first kappa shape index (κ1) is 24.9.